The van der Waals surface area contributed by atoms with Gasteiger partial charge >= 0.3 is 0 Å². The molecule has 4 nitrogen and oxygen atoms in total. The van der Waals surface area contributed by atoms with E-state index in [4.69, 9.17) is 5.73 Å². The number of nitrogens with zero attached hydrogens (tertiary/aromatic N) is 1. The van der Waals surface area contributed by atoms with Crippen molar-refractivity contribution in [3.8, 4) is 0 Å². The number of nitrogens with two attached hydrogens (primary N) is 1. The van der Waals surface area contributed by atoms with Crippen molar-refractivity contribution in [1.29, 1.82) is 0 Å². The van der Waals surface area contributed by atoms with Gasteiger partial charge < -0.3 is 16.0 Å². The van der Waals surface area contributed by atoms with Crippen LogP contribution in [0.1, 0.15) is 66.2 Å². The van der Waals surface area contributed by atoms with E-state index in [1.165, 1.54) is 25.7 Å². The second-order valence-corrected chi connectivity index (χ2v) is 7.26. The summed E-state index contributed by atoms with van der Waals surface area (Å²) in [6, 6.07) is 1.00. The van der Waals surface area contributed by atoms with Crippen molar-refractivity contribution in [2.45, 2.75) is 83.8 Å². The van der Waals surface area contributed by atoms with Gasteiger partial charge in [0.2, 0.25) is 5.91 Å². The SMILES string of the molecule is CCCNC(C)(CC(C)N(C)C1CCC(C)CC1)C(N)=O. The van der Waals surface area contributed by atoms with Crippen LogP contribution >= 0.6 is 0 Å². The molecule has 0 spiro atoms. The van der Waals surface area contributed by atoms with Crippen LogP contribution in [0.2, 0.25) is 0 Å². The molecule has 0 aliphatic heterocycles. The molecule has 0 bridgehead atoms. The van der Waals surface area contributed by atoms with Gasteiger partial charge in [-0.1, -0.05) is 13.8 Å². The molecule has 2 atom stereocenters. The topological polar surface area (TPSA) is 58.4 Å². The van der Waals surface area contributed by atoms with Crippen LogP contribution in [0.25, 0.3) is 0 Å². The Morgan fingerprint density at radius 3 is 2.43 bits per heavy atom. The third kappa shape index (κ3) is 5.26. The predicted molar refractivity (Wildman–Crippen MR) is 89.2 cm³/mol. The van der Waals surface area contributed by atoms with Crippen LogP contribution in [-0.2, 0) is 4.79 Å². The minimum absolute atomic E-state index is 0.242. The van der Waals surface area contributed by atoms with Crippen molar-refractivity contribution in [3.05, 3.63) is 0 Å². The summed E-state index contributed by atoms with van der Waals surface area (Å²) in [6.07, 6.45) is 6.97. The van der Waals surface area contributed by atoms with Crippen LogP contribution in [-0.4, -0.2) is 42.0 Å². The first-order valence-electron chi connectivity index (χ1n) is 8.57. The first kappa shape index (κ1) is 18.4. The molecule has 0 aromatic heterocycles. The zero-order valence-electron chi connectivity index (χ0n) is 14.6. The van der Waals surface area contributed by atoms with E-state index >= 15 is 0 Å². The Morgan fingerprint density at radius 2 is 1.95 bits per heavy atom. The number of carbonyl (C=O) groups is 1. The third-order valence-electron chi connectivity index (χ3n) is 5.27. The minimum Gasteiger partial charge on any atom is -0.368 e. The molecule has 1 rings (SSSR count). The molecule has 124 valence electrons. The Bertz CT molecular complexity index is 326. The molecule has 1 aliphatic carbocycles. The molecule has 1 saturated carbocycles. The maximum Gasteiger partial charge on any atom is 0.237 e. The lowest BCUT2D eigenvalue weighted by atomic mass is 9.85. The van der Waals surface area contributed by atoms with Gasteiger partial charge in [-0.25, -0.2) is 0 Å². The fraction of sp³-hybridized carbons (Fsp3) is 0.941. The highest BCUT2D eigenvalue weighted by molar-refractivity contribution is 5.84. The first-order chi connectivity index (χ1) is 9.80. The molecule has 3 N–H and O–H groups in total. The fourth-order valence-corrected chi connectivity index (χ4v) is 3.41. The zero-order chi connectivity index (χ0) is 16.0. The van der Waals surface area contributed by atoms with Gasteiger partial charge in [0.05, 0.1) is 5.54 Å². The molecule has 1 fully saturated rings. The van der Waals surface area contributed by atoms with Crippen molar-refractivity contribution in [3.63, 3.8) is 0 Å². The molecule has 1 amide bonds. The predicted octanol–water partition coefficient (Wildman–Crippen LogP) is 2.52. The molecular formula is C17H35N3O. The third-order valence-corrected chi connectivity index (χ3v) is 5.27. The van der Waals surface area contributed by atoms with Crippen molar-refractivity contribution >= 4 is 5.91 Å². The average molecular weight is 297 g/mol. The van der Waals surface area contributed by atoms with Crippen LogP contribution in [0.4, 0.5) is 0 Å². The maximum atomic E-state index is 11.8. The molecule has 0 radical (unpaired) electrons. The maximum absolute atomic E-state index is 11.8. The summed E-state index contributed by atoms with van der Waals surface area (Å²) in [5, 5.41) is 3.34. The summed E-state index contributed by atoms with van der Waals surface area (Å²) in [7, 11) is 2.20. The molecule has 0 aromatic carbocycles. The summed E-state index contributed by atoms with van der Waals surface area (Å²) in [6.45, 7) is 9.44. The van der Waals surface area contributed by atoms with Crippen LogP contribution in [0.15, 0.2) is 0 Å². The Morgan fingerprint density at radius 1 is 1.38 bits per heavy atom. The molecule has 21 heavy (non-hydrogen) atoms. The Labute approximate surface area is 130 Å². The monoisotopic (exact) mass is 297 g/mol. The van der Waals surface area contributed by atoms with Crippen molar-refractivity contribution < 1.29 is 4.79 Å². The van der Waals surface area contributed by atoms with E-state index in [0.717, 1.165) is 25.3 Å². The molecule has 0 saturated heterocycles. The number of amides is 1. The Kier molecular flexibility index (Phi) is 7.14. The molecular weight excluding hydrogens is 262 g/mol. The molecule has 4 heteroatoms. The van der Waals surface area contributed by atoms with E-state index in [-0.39, 0.29) is 5.91 Å². The van der Waals surface area contributed by atoms with Crippen molar-refractivity contribution in [2.24, 2.45) is 11.7 Å². The lowest BCUT2D eigenvalue weighted by molar-refractivity contribution is -0.124. The summed E-state index contributed by atoms with van der Waals surface area (Å²) in [4.78, 5) is 14.3. The van der Waals surface area contributed by atoms with Crippen LogP contribution in [0.3, 0.4) is 0 Å². The molecule has 0 heterocycles. The van der Waals surface area contributed by atoms with Gasteiger partial charge in [-0.05, 0) is 71.9 Å². The van der Waals surface area contributed by atoms with E-state index in [1.807, 2.05) is 6.92 Å². The van der Waals surface area contributed by atoms with Crippen molar-refractivity contribution in [1.82, 2.24) is 10.2 Å². The smallest absolute Gasteiger partial charge is 0.237 e. The summed E-state index contributed by atoms with van der Waals surface area (Å²) in [5.74, 6) is 0.625. The van der Waals surface area contributed by atoms with Crippen molar-refractivity contribution in [2.75, 3.05) is 13.6 Å². The van der Waals surface area contributed by atoms with E-state index in [9.17, 15) is 4.79 Å². The van der Waals surface area contributed by atoms with Gasteiger partial charge in [-0.3, -0.25) is 4.79 Å². The van der Waals surface area contributed by atoms with E-state index < -0.39 is 5.54 Å². The number of hydrogen-bond acceptors (Lipinski definition) is 3. The molecule has 0 aromatic rings. The van der Waals surface area contributed by atoms with E-state index in [0.29, 0.717) is 12.1 Å². The largest absolute Gasteiger partial charge is 0.368 e. The highest BCUT2D eigenvalue weighted by Gasteiger charge is 2.34. The highest BCUT2D eigenvalue weighted by atomic mass is 16.1. The van der Waals surface area contributed by atoms with E-state index in [2.05, 4.69) is 38.0 Å². The highest BCUT2D eigenvalue weighted by Crippen LogP contribution is 2.28. The normalized spacial score (nSPS) is 27.3. The summed E-state index contributed by atoms with van der Waals surface area (Å²) < 4.78 is 0. The number of nitrogens with one attached hydrogen (secondary N) is 1. The minimum atomic E-state index is -0.606. The van der Waals surface area contributed by atoms with Gasteiger partial charge in [0.15, 0.2) is 0 Å². The van der Waals surface area contributed by atoms with Crippen LogP contribution < -0.4 is 11.1 Å². The Balaban J connectivity index is 2.59. The van der Waals surface area contributed by atoms with Crippen LogP contribution in [0, 0.1) is 5.92 Å². The zero-order valence-corrected chi connectivity index (χ0v) is 14.6. The quantitative estimate of drug-likeness (QED) is 0.724. The van der Waals surface area contributed by atoms with Gasteiger partial charge in [-0.15, -0.1) is 0 Å². The number of hydrogen-bond donors (Lipinski definition) is 2. The molecule has 1 aliphatic rings. The van der Waals surface area contributed by atoms with E-state index in [1.54, 1.807) is 0 Å². The number of carbonyl (C=O) groups excluding carboxylic acids is 1. The number of rotatable bonds is 8. The summed E-state index contributed by atoms with van der Waals surface area (Å²) in [5.41, 5.74) is 5.03. The molecule has 2 unspecified atom stereocenters. The van der Waals surface area contributed by atoms with Gasteiger partial charge in [0, 0.05) is 12.1 Å². The summed E-state index contributed by atoms with van der Waals surface area (Å²) >= 11 is 0. The lowest BCUT2D eigenvalue weighted by Crippen LogP contribution is -2.57. The second kappa shape index (κ2) is 8.14. The lowest BCUT2D eigenvalue weighted by Gasteiger charge is -2.40. The number of primary amides is 1. The first-order valence-corrected chi connectivity index (χ1v) is 8.57. The van der Waals surface area contributed by atoms with Gasteiger partial charge in [0.1, 0.15) is 0 Å². The van der Waals surface area contributed by atoms with Gasteiger partial charge in [0.25, 0.3) is 0 Å². The Hall–Kier alpha value is -0.610. The van der Waals surface area contributed by atoms with Crippen LogP contribution in [0.5, 0.6) is 0 Å². The standard InChI is InChI=1S/C17H35N3O/c1-6-11-19-17(4,16(18)21)12-14(3)20(5)15-9-7-13(2)8-10-15/h13-15,19H,6-12H2,1-5H3,(H2,18,21). The van der Waals surface area contributed by atoms with Gasteiger partial charge in [-0.2, -0.15) is 0 Å². The average Bonchev–Trinajstić information content (AvgIpc) is 2.45. The second-order valence-electron chi connectivity index (χ2n) is 7.26. The fourth-order valence-electron chi connectivity index (χ4n) is 3.41.